The van der Waals surface area contributed by atoms with E-state index < -0.39 is 9.84 Å². The zero-order valence-electron chi connectivity index (χ0n) is 11.0. The second-order valence-electron chi connectivity index (χ2n) is 4.46. The minimum absolute atomic E-state index is 0.171. The Morgan fingerprint density at radius 2 is 1.90 bits per heavy atom. The Hall–Kier alpha value is -2.61. The molecule has 8 heteroatoms. The lowest BCUT2D eigenvalue weighted by atomic mass is 10.2. The number of rotatable bonds is 3. The lowest BCUT2D eigenvalue weighted by molar-refractivity contribution is 0.314. The van der Waals surface area contributed by atoms with Crippen LogP contribution in [0.4, 0.5) is 5.69 Å². The standard InChI is InChI=1S/C13H11N3O4S/c1-21(17,18)9-4-2-3-8(7-9)19-11-6-5-10(14)12-13(11)16-20-15-12/h2-7H,14H2,1H3. The summed E-state index contributed by atoms with van der Waals surface area (Å²) in [6, 6.07) is 9.41. The van der Waals surface area contributed by atoms with Crippen LogP contribution in [0.25, 0.3) is 11.0 Å². The highest BCUT2D eigenvalue weighted by Gasteiger charge is 2.13. The second-order valence-corrected chi connectivity index (χ2v) is 6.48. The van der Waals surface area contributed by atoms with Gasteiger partial charge in [0.05, 0.1) is 10.6 Å². The zero-order valence-corrected chi connectivity index (χ0v) is 11.8. The molecule has 0 saturated heterocycles. The van der Waals surface area contributed by atoms with E-state index in [2.05, 4.69) is 14.9 Å². The third-order valence-corrected chi connectivity index (χ3v) is 3.98. The first-order valence-corrected chi connectivity index (χ1v) is 7.83. The van der Waals surface area contributed by atoms with Crippen LogP contribution in [-0.2, 0) is 9.84 Å². The fraction of sp³-hybridized carbons (Fsp3) is 0.0769. The van der Waals surface area contributed by atoms with Crippen molar-refractivity contribution in [2.75, 3.05) is 12.0 Å². The van der Waals surface area contributed by atoms with Gasteiger partial charge in [0, 0.05) is 6.26 Å². The molecule has 3 aromatic rings. The highest BCUT2D eigenvalue weighted by Crippen LogP contribution is 2.31. The van der Waals surface area contributed by atoms with Crippen LogP contribution in [0.3, 0.4) is 0 Å². The molecule has 7 nitrogen and oxygen atoms in total. The Kier molecular flexibility index (Phi) is 3.02. The average Bonchev–Trinajstić information content (AvgIpc) is 2.92. The highest BCUT2D eigenvalue weighted by atomic mass is 32.2. The first-order valence-electron chi connectivity index (χ1n) is 5.94. The van der Waals surface area contributed by atoms with E-state index in [1.165, 1.54) is 12.1 Å². The molecule has 0 unspecified atom stereocenters. The van der Waals surface area contributed by atoms with Gasteiger partial charge in [-0.05, 0) is 40.6 Å². The van der Waals surface area contributed by atoms with Crippen LogP contribution < -0.4 is 10.5 Å². The number of benzene rings is 2. The van der Waals surface area contributed by atoms with Gasteiger partial charge in [-0.2, -0.15) is 0 Å². The first-order chi connectivity index (χ1) is 9.95. The van der Waals surface area contributed by atoms with Crippen LogP contribution in [0.5, 0.6) is 11.5 Å². The predicted octanol–water partition coefficient (Wildman–Crippen LogP) is 2.00. The number of fused-ring (bicyclic) bond motifs is 1. The van der Waals surface area contributed by atoms with Gasteiger partial charge >= 0.3 is 0 Å². The topological polar surface area (TPSA) is 108 Å². The summed E-state index contributed by atoms with van der Waals surface area (Å²) in [5.74, 6) is 0.748. The fourth-order valence-electron chi connectivity index (χ4n) is 1.84. The molecule has 0 aliphatic carbocycles. The van der Waals surface area contributed by atoms with E-state index >= 15 is 0 Å². The molecule has 0 bridgehead atoms. The Balaban J connectivity index is 2.03. The molecule has 3 rings (SSSR count). The minimum atomic E-state index is -3.30. The van der Waals surface area contributed by atoms with Gasteiger partial charge in [0.2, 0.25) is 0 Å². The summed E-state index contributed by atoms with van der Waals surface area (Å²) < 4.78 is 33.4. The summed E-state index contributed by atoms with van der Waals surface area (Å²) in [4.78, 5) is 0.171. The predicted molar refractivity (Wildman–Crippen MR) is 75.8 cm³/mol. The number of sulfone groups is 1. The molecule has 0 aliphatic rings. The number of hydrogen-bond acceptors (Lipinski definition) is 7. The molecule has 2 aromatic carbocycles. The Morgan fingerprint density at radius 3 is 2.67 bits per heavy atom. The largest absolute Gasteiger partial charge is 0.455 e. The quantitative estimate of drug-likeness (QED) is 0.737. The summed E-state index contributed by atoms with van der Waals surface area (Å²) in [6.45, 7) is 0. The number of anilines is 1. The molecule has 108 valence electrons. The van der Waals surface area contributed by atoms with Gasteiger partial charge in [-0.3, -0.25) is 0 Å². The third kappa shape index (κ3) is 2.52. The van der Waals surface area contributed by atoms with E-state index in [0.29, 0.717) is 28.2 Å². The van der Waals surface area contributed by atoms with Crippen molar-refractivity contribution in [1.29, 1.82) is 0 Å². The molecule has 1 aromatic heterocycles. The number of nitrogens with two attached hydrogens (primary N) is 1. The van der Waals surface area contributed by atoms with Crippen molar-refractivity contribution in [1.82, 2.24) is 10.3 Å². The highest BCUT2D eigenvalue weighted by molar-refractivity contribution is 7.90. The molecule has 0 radical (unpaired) electrons. The molecule has 0 saturated carbocycles. The SMILES string of the molecule is CS(=O)(=O)c1cccc(Oc2ccc(N)c3nonc23)c1. The number of nitrogens with zero attached hydrogens (tertiary/aromatic N) is 2. The number of aromatic nitrogens is 2. The van der Waals surface area contributed by atoms with E-state index in [1.54, 1.807) is 24.3 Å². The lowest BCUT2D eigenvalue weighted by Gasteiger charge is -2.07. The van der Waals surface area contributed by atoms with Crippen molar-refractivity contribution in [2.45, 2.75) is 4.90 Å². The van der Waals surface area contributed by atoms with Crippen molar-refractivity contribution in [3.05, 3.63) is 36.4 Å². The molecule has 1 heterocycles. The van der Waals surface area contributed by atoms with Crippen LogP contribution in [0.1, 0.15) is 0 Å². The van der Waals surface area contributed by atoms with Crippen LogP contribution in [-0.4, -0.2) is 25.0 Å². The maximum absolute atomic E-state index is 11.5. The molecular formula is C13H11N3O4S. The van der Waals surface area contributed by atoms with Crippen LogP contribution in [0, 0.1) is 0 Å². The molecule has 0 amide bonds. The molecule has 0 atom stereocenters. The van der Waals surface area contributed by atoms with Gasteiger partial charge in [0.15, 0.2) is 26.6 Å². The minimum Gasteiger partial charge on any atom is -0.455 e. The van der Waals surface area contributed by atoms with E-state index in [9.17, 15) is 8.42 Å². The van der Waals surface area contributed by atoms with Crippen molar-refractivity contribution < 1.29 is 17.8 Å². The Morgan fingerprint density at radius 1 is 1.14 bits per heavy atom. The first kappa shape index (κ1) is 13.4. The van der Waals surface area contributed by atoms with E-state index in [1.807, 2.05) is 0 Å². The van der Waals surface area contributed by atoms with E-state index in [4.69, 9.17) is 10.5 Å². The van der Waals surface area contributed by atoms with Gasteiger partial charge in [-0.25, -0.2) is 13.0 Å². The van der Waals surface area contributed by atoms with Crippen molar-refractivity contribution in [2.24, 2.45) is 0 Å². The second kappa shape index (κ2) is 4.74. The van der Waals surface area contributed by atoms with E-state index in [0.717, 1.165) is 6.26 Å². The summed E-state index contributed by atoms with van der Waals surface area (Å²) in [7, 11) is -3.30. The third-order valence-electron chi connectivity index (χ3n) is 2.87. The molecule has 2 N–H and O–H groups in total. The molecule has 0 aliphatic heterocycles. The fourth-order valence-corrected chi connectivity index (χ4v) is 2.50. The normalized spacial score (nSPS) is 11.7. The Labute approximate surface area is 120 Å². The van der Waals surface area contributed by atoms with Gasteiger partial charge < -0.3 is 10.5 Å². The lowest BCUT2D eigenvalue weighted by Crippen LogP contribution is -1.97. The molecule has 21 heavy (non-hydrogen) atoms. The monoisotopic (exact) mass is 305 g/mol. The summed E-state index contributed by atoms with van der Waals surface area (Å²) in [6.07, 6.45) is 1.13. The van der Waals surface area contributed by atoms with Gasteiger partial charge in [-0.1, -0.05) is 6.07 Å². The molecule has 0 spiro atoms. The van der Waals surface area contributed by atoms with Crippen molar-refractivity contribution >= 4 is 26.6 Å². The number of ether oxygens (including phenoxy) is 1. The van der Waals surface area contributed by atoms with Gasteiger partial charge in [0.25, 0.3) is 0 Å². The molecule has 0 fully saturated rings. The maximum atomic E-state index is 11.5. The van der Waals surface area contributed by atoms with Crippen molar-refractivity contribution in [3.63, 3.8) is 0 Å². The number of hydrogen-bond donors (Lipinski definition) is 1. The summed E-state index contributed by atoms with van der Waals surface area (Å²) in [5.41, 5.74) is 6.94. The Bertz CT molecular complexity index is 918. The van der Waals surface area contributed by atoms with Crippen LogP contribution >= 0.6 is 0 Å². The summed E-state index contributed by atoms with van der Waals surface area (Å²) >= 11 is 0. The zero-order chi connectivity index (χ0) is 15.0. The van der Waals surface area contributed by atoms with E-state index in [-0.39, 0.29) is 4.90 Å². The number of nitrogen functional groups attached to an aromatic ring is 1. The average molecular weight is 305 g/mol. The smallest absolute Gasteiger partial charge is 0.179 e. The van der Waals surface area contributed by atoms with Crippen LogP contribution in [0.2, 0.25) is 0 Å². The van der Waals surface area contributed by atoms with Crippen molar-refractivity contribution in [3.8, 4) is 11.5 Å². The van der Waals surface area contributed by atoms with Crippen LogP contribution in [0.15, 0.2) is 45.9 Å². The summed E-state index contributed by atoms with van der Waals surface area (Å²) in [5, 5.41) is 7.43. The maximum Gasteiger partial charge on any atom is 0.179 e. The van der Waals surface area contributed by atoms with Gasteiger partial charge in [0.1, 0.15) is 5.75 Å². The van der Waals surface area contributed by atoms with Gasteiger partial charge in [-0.15, -0.1) is 0 Å². The molecular weight excluding hydrogens is 294 g/mol.